The van der Waals surface area contributed by atoms with Crippen molar-refractivity contribution in [1.82, 2.24) is 15.5 Å². The molecule has 2 N–H and O–H groups in total. The Labute approximate surface area is 173 Å². The topological polar surface area (TPSA) is 69.9 Å². The Morgan fingerprint density at radius 3 is 2.69 bits per heavy atom. The SMILES string of the molecule is CCCCNC(=NCC1CC(=O)N(C)C1c1ccccc1)NCCc1ccco1. The molecular weight excluding hydrogens is 364 g/mol. The van der Waals surface area contributed by atoms with E-state index in [1.54, 1.807) is 6.26 Å². The Morgan fingerprint density at radius 1 is 1.17 bits per heavy atom. The molecule has 6 heteroatoms. The lowest BCUT2D eigenvalue weighted by molar-refractivity contribution is -0.127. The van der Waals surface area contributed by atoms with E-state index in [-0.39, 0.29) is 17.9 Å². The average molecular weight is 397 g/mol. The van der Waals surface area contributed by atoms with Crippen molar-refractivity contribution in [1.29, 1.82) is 0 Å². The summed E-state index contributed by atoms with van der Waals surface area (Å²) in [6.45, 7) is 4.41. The van der Waals surface area contributed by atoms with Crippen molar-refractivity contribution in [3.05, 3.63) is 60.1 Å². The molecule has 1 saturated heterocycles. The Kier molecular flexibility index (Phi) is 7.73. The Hall–Kier alpha value is -2.76. The summed E-state index contributed by atoms with van der Waals surface area (Å²) in [5.41, 5.74) is 1.17. The zero-order valence-electron chi connectivity index (χ0n) is 17.4. The number of carbonyl (C=O) groups is 1. The molecule has 6 nitrogen and oxygen atoms in total. The summed E-state index contributed by atoms with van der Waals surface area (Å²) in [4.78, 5) is 19.1. The van der Waals surface area contributed by atoms with Crippen LogP contribution in [0.2, 0.25) is 0 Å². The quantitative estimate of drug-likeness (QED) is 0.387. The normalized spacial score (nSPS) is 19.6. The molecule has 0 radical (unpaired) electrons. The molecule has 0 spiro atoms. The van der Waals surface area contributed by atoms with Gasteiger partial charge in [0.15, 0.2) is 5.96 Å². The highest BCUT2D eigenvalue weighted by Crippen LogP contribution is 2.36. The maximum atomic E-state index is 12.4. The number of benzene rings is 1. The second kappa shape index (κ2) is 10.7. The Balaban J connectivity index is 1.64. The standard InChI is InChI=1S/C23H32N4O2/c1-3-4-13-24-23(25-14-12-20-11-8-15-29-20)26-17-19-16-21(28)27(2)22(19)18-9-6-5-7-10-18/h5-11,15,19,22H,3-4,12-14,16-17H2,1-2H3,(H2,24,25,26). The van der Waals surface area contributed by atoms with Crippen molar-refractivity contribution in [2.24, 2.45) is 10.9 Å². The summed E-state index contributed by atoms with van der Waals surface area (Å²) >= 11 is 0. The fourth-order valence-electron chi connectivity index (χ4n) is 3.79. The van der Waals surface area contributed by atoms with Crippen LogP contribution in [-0.4, -0.2) is 43.4 Å². The molecule has 2 atom stereocenters. The molecule has 2 heterocycles. The van der Waals surface area contributed by atoms with Crippen molar-refractivity contribution in [2.45, 2.75) is 38.6 Å². The maximum absolute atomic E-state index is 12.4. The zero-order chi connectivity index (χ0) is 20.5. The van der Waals surface area contributed by atoms with Crippen LogP contribution in [0.4, 0.5) is 0 Å². The number of rotatable bonds is 9. The van der Waals surface area contributed by atoms with E-state index in [1.165, 1.54) is 5.56 Å². The molecule has 0 aliphatic carbocycles. The van der Waals surface area contributed by atoms with Gasteiger partial charge >= 0.3 is 0 Å². The number of unbranched alkanes of at least 4 members (excludes halogenated alkanes) is 1. The highest BCUT2D eigenvalue weighted by Gasteiger charge is 2.38. The third kappa shape index (κ3) is 5.86. The van der Waals surface area contributed by atoms with Crippen LogP contribution >= 0.6 is 0 Å². The largest absolute Gasteiger partial charge is 0.469 e. The minimum atomic E-state index is 0.0764. The van der Waals surface area contributed by atoms with Crippen LogP contribution in [0.5, 0.6) is 0 Å². The molecule has 1 aromatic carbocycles. The van der Waals surface area contributed by atoms with Crippen LogP contribution in [0.1, 0.15) is 43.6 Å². The lowest BCUT2D eigenvalue weighted by atomic mass is 9.94. The third-order valence-electron chi connectivity index (χ3n) is 5.39. The van der Waals surface area contributed by atoms with Crippen LogP contribution in [0.15, 0.2) is 58.1 Å². The van der Waals surface area contributed by atoms with E-state index in [4.69, 9.17) is 9.41 Å². The van der Waals surface area contributed by atoms with E-state index in [0.29, 0.717) is 13.0 Å². The second-order valence-electron chi connectivity index (χ2n) is 7.55. The molecule has 29 heavy (non-hydrogen) atoms. The van der Waals surface area contributed by atoms with Gasteiger partial charge in [-0.3, -0.25) is 9.79 Å². The first kappa shape index (κ1) is 21.0. The predicted octanol–water partition coefficient (Wildman–Crippen LogP) is 3.38. The average Bonchev–Trinajstić information content (AvgIpc) is 3.35. The fourth-order valence-corrected chi connectivity index (χ4v) is 3.79. The minimum absolute atomic E-state index is 0.0764. The first-order chi connectivity index (χ1) is 14.2. The van der Waals surface area contributed by atoms with Crippen molar-refractivity contribution < 1.29 is 9.21 Å². The second-order valence-corrected chi connectivity index (χ2v) is 7.55. The summed E-state index contributed by atoms with van der Waals surface area (Å²) < 4.78 is 5.40. The Bertz CT molecular complexity index is 773. The number of furan rings is 1. The smallest absolute Gasteiger partial charge is 0.223 e. The van der Waals surface area contributed by atoms with Crippen LogP contribution in [0.25, 0.3) is 0 Å². The van der Waals surface area contributed by atoms with Gasteiger partial charge in [-0.05, 0) is 24.1 Å². The zero-order valence-corrected chi connectivity index (χ0v) is 17.4. The molecule has 3 rings (SSSR count). The number of likely N-dealkylation sites (tertiary alicyclic amines) is 1. The predicted molar refractivity (Wildman–Crippen MR) is 116 cm³/mol. The highest BCUT2D eigenvalue weighted by molar-refractivity contribution is 5.81. The summed E-state index contributed by atoms with van der Waals surface area (Å²) in [7, 11) is 1.89. The number of carbonyl (C=O) groups excluding carboxylic acids is 1. The van der Waals surface area contributed by atoms with Gasteiger partial charge in [0, 0.05) is 45.4 Å². The minimum Gasteiger partial charge on any atom is -0.469 e. The van der Waals surface area contributed by atoms with Crippen LogP contribution in [0, 0.1) is 5.92 Å². The van der Waals surface area contributed by atoms with Crippen LogP contribution in [0.3, 0.4) is 0 Å². The molecular formula is C23H32N4O2. The lowest BCUT2D eigenvalue weighted by Gasteiger charge is -2.25. The molecule has 2 unspecified atom stereocenters. The molecule has 156 valence electrons. The molecule has 1 aliphatic heterocycles. The van der Waals surface area contributed by atoms with Crippen LogP contribution < -0.4 is 10.6 Å². The van der Waals surface area contributed by atoms with Crippen molar-refractivity contribution >= 4 is 11.9 Å². The van der Waals surface area contributed by atoms with Gasteiger partial charge in [0.1, 0.15) is 5.76 Å². The van der Waals surface area contributed by atoms with Gasteiger partial charge in [-0.1, -0.05) is 43.7 Å². The van der Waals surface area contributed by atoms with Gasteiger partial charge in [0.25, 0.3) is 0 Å². The van der Waals surface area contributed by atoms with E-state index in [2.05, 4.69) is 29.7 Å². The van der Waals surface area contributed by atoms with Crippen molar-refractivity contribution in [3.8, 4) is 0 Å². The van der Waals surface area contributed by atoms with E-state index in [0.717, 1.165) is 44.1 Å². The molecule has 1 aliphatic rings. The summed E-state index contributed by atoms with van der Waals surface area (Å²) in [6.07, 6.45) is 5.26. The number of nitrogens with one attached hydrogen (secondary N) is 2. The van der Waals surface area contributed by atoms with E-state index < -0.39 is 0 Å². The molecule has 2 aromatic rings. The molecule has 1 aromatic heterocycles. The van der Waals surface area contributed by atoms with Crippen molar-refractivity contribution in [3.63, 3.8) is 0 Å². The number of amides is 1. The number of guanidine groups is 1. The van der Waals surface area contributed by atoms with Gasteiger partial charge in [-0.25, -0.2) is 0 Å². The molecule has 0 bridgehead atoms. The summed E-state index contributed by atoms with van der Waals surface area (Å²) in [5.74, 6) is 2.12. The van der Waals surface area contributed by atoms with Gasteiger partial charge in [0.05, 0.1) is 12.3 Å². The molecule has 1 amide bonds. The van der Waals surface area contributed by atoms with Crippen molar-refractivity contribution in [2.75, 3.05) is 26.7 Å². The fraction of sp³-hybridized carbons (Fsp3) is 0.478. The monoisotopic (exact) mass is 396 g/mol. The Morgan fingerprint density at radius 2 is 1.97 bits per heavy atom. The summed E-state index contributed by atoms with van der Waals surface area (Å²) in [5, 5.41) is 6.81. The number of hydrogen-bond acceptors (Lipinski definition) is 3. The highest BCUT2D eigenvalue weighted by atomic mass is 16.3. The van der Waals surface area contributed by atoms with Gasteiger partial charge in [-0.15, -0.1) is 0 Å². The van der Waals surface area contributed by atoms with Gasteiger partial charge in [-0.2, -0.15) is 0 Å². The summed E-state index contributed by atoms with van der Waals surface area (Å²) in [6, 6.07) is 14.2. The molecule has 0 saturated carbocycles. The third-order valence-corrected chi connectivity index (χ3v) is 5.39. The number of nitrogens with zero attached hydrogens (tertiary/aromatic N) is 2. The number of hydrogen-bond donors (Lipinski definition) is 2. The van der Waals surface area contributed by atoms with E-state index in [1.807, 2.05) is 42.3 Å². The first-order valence-electron chi connectivity index (χ1n) is 10.5. The van der Waals surface area contributed by atoms with E-state index in [9.17, 15) is 4.79 Å². The van der Waals surface area contributed by atoms with Gasteiger partial charge in [0.2, 0.25) is 5.91 Å². The molecule has 1 fully saturated rings. The van der Waals surface area contributed by atoms with E-state index >= 15 is 0 Å². The number of aliphatic imine (C=N–C) groups is 1. The van der Waals surface area contributed by atoms with Crippen LogP contribution in [-0.2, 0) is 11.2 Å². The van der Waals surface area contributed by atoms with Gasteiger partial charge < -0.3 is 20.0 Å². The first-order valence-corrected chi connectivity index (χ1v) is 10.5. The lowest BCUT2D eigenvalue weighted by Crippen LogP contribution is -2.39. The maximum Gasteiger partial charge on any atom is 0.223 e.